The zero-order valence-electron chi connectivity index (χ0n) is 9.29. The topological polar surface area (TPSA) is 34.1 Å². The molecule has 0 amide bonds. The third kappa shape index (κ3) is 1.66. The fourth-order valence-electron chi connectivity index (χ4n) is 2.10. The summed E-state index contributed by atoms with van der Waals surface area (Å²) in [7, 11) is 0. The van der Waals surface area contributed by atoms with Crippen LogP contribution in [0, 0.1) is 17.7 Å². The van der Waals surface area contributed by atoms with Gasteiger partial charge in [0.1, 0.15) is 11.6 Å². The maximum Gasteiger partial charge on any atom is 0.173 e. The standard InChI is InChI=1S/C13H13FO2/c1-7(2)12(15)11-6-8-5-9(14)3-4-10(8)13(11)16/h3-5,7,11H,6H2,1-2H3. The number of carbonyl (C=O) groups excluding carboxylic acids is 2. The molecule has 0 radical (unpaired) electrons. The van der Waals surface area contributed by atoms with Crippen LogP contribution in [-0.4, -0.2) is 11.6 Å². The van der Waals surface area contributed by atoms with Gasteiger partial charge in [0.2, 0.25) is 0 Å². The second-order valence-corrected chi connectivity index (χ2v) is 4.48. The molecule has 3 heteroatoms. The van der Waals surface area contributed by atoms with Crippen LogP contribution in [0.4, 0.5) is 4.39 Å². The van der Waals surface area contributed by atoms with Gasteiger partial charge in [-0.15, -0.1) is 0 Å². The summed E-state index contributed by atoms with van der Waals surface area (Å²) in [6, 6.07) is 4.08. The van der Waals surface area contributed by atoms with Gasteiger partial charge >= 0.3 is 0 Å². The highest BCUT2D eigenvalue weighted by atomic mass is 19.1. The van der Waals surface area contributed by atoms with E-state index in [2.05, 4.69) is 0 Å². The summed E-state index contributed by atoms with van der Waals surface area (Å²) < 4.78 is 13.0. The Morgan fingerprint density at radius 2 is 2.12 bits per heavy atom. The molecule has 1 aromatic rings. The van der Waals surface area contributed by atoms with E-state index in [1.54, 1.807) is 13.8 Å². The minimum absolute atomic E-state index is 0.0541. The maximum absolute atomic E-state index is 13.0. The Morgan fingerprint density at radius 3 is 2.75 bits per heavy atom. The van der Waals surface area contributed by atoms with Gasteiger partial charge in [0.15, 0.2) is 5.78 Å². The van der Waals surface area contributed by atoms with Gasteiger partial charge in [-0.1, -0.05) is 13.8 Å². The Morgan fingerprint density at radius 1 is 1.44 bits per heavy atom. The summed E-state index contributed by atoms with van der Waals surface area (Å²) in [4.78, 5) is 23.7. The third-order valence-electron chi connectivity index (χ3n) is 2.99. The largest absolute Gasteiger partial charge is 0.299 e. The van der Waals surface area contributed by atoms with Crippen LogP contribution in [-0.2, 0) is 11.2 Å². The molecule has 0 saturated heterocycles. The lowest BCUT2D eigenvalue weighted by atomic mass is 9.92. The summed E-state index contributed by atoms with van der Waals surface area (Å²) >= 11 is 0. The van der Waals surface area contributed by atoms with Crippen LogP contribution in [0.15, 0.2) is 18.2 Å². The van der Waals surface area contributed by atoms with Crippen molar-refractivity contribution < 1.29 is 14.0 Å². The Hall–Kier alpha value is -1.51. The molecule has 0 heterocycles. The van der Waals surface area contributed by atoms with E-state index in [4.69, 9.17) is 0 Å². The van der Waals surface area contributed by atoms with Gasteiger partial charge in [-0.2, -0.15) is 0 Å². The molecule has 1 aliphatic rings. The van der Waals surface area contributed by atoms with Crippen LogP contribution in [0.1, 0.15) is 29.8 Å². The molecule has 2 nitrogen and oxygen atoms in total. The predicted molar refractivity (Wildman–Crippen MR) is 57.8 cm³/mol. The fourth-order valence-corrected chi connectivity index (χ4v) is 2.10. The fraction of sp³-hybridized carbons (Fsp3) is 0.385. The second-order valence-electron chi connectivity index (χ2n) is 4.48. The van der Waals surface area contributed by atoms with Crippen LogP contribution >= 0.6 is 0 Å². The second kappa shape index (κ2) is 3.81. The number of ketones is 2. The molecule has 84 valence electrons. The van der Waals surface area contributed by atoms with Gasteiger partial charge in [0.25, 0.3) is 0 Å². The maximum atomic E-state index is 13.0. The van der Waals surface area contributed by atoms with Gasteiger partial charge in [-0.25, -0.2) is 4.39 Å². The number of fused-ring (bicyclic) bond motifs is 1. The summed E-state index contributed by atoms with van der Waals surface area (Å²) in [6.45, 7) is 3.55. The number of Topliss-reactive ketones (excluding diaryl/α,β-unsaturated/α-hetero) is 2. The lowest BCUT2D eigenvalue weighted by Gasteiger charge is -2.09. The molecule has 1 aromatic carbocycles. The Labute approximate surface area is 93.5 Å². The lowest BCUT2D eigenvalue weighted by molar-refractivity contribution is -0.124. The van der Waals surface area contributed by atoms with Crippen molar-refractivity contribution in [3.05, 3.63) is 35.1 Å². The quantitative estimate of drug-likeness (QED) is 0.717. The van der Waals surface area contributed by atoms with Crippen molar-refractivity contribution in [2.75, 3.05) is 0 Å². The highest BCUT2D eigenvalue weighted by Gasteiger charge is 2.36. The lowest BCUT2D eigenvalue weighted by Crippen LogP contribution is -2.24. The van der Waals surface area contributed by atoms with Gasteiger partial charge in [-0.05, 0) is 30.2 Å². The van der Waals surface area contributed by atoms with Crippen molar-refractivity contribution >= 4 is 11.6 Å². The van der Waals surface area contributed by atoms with E-state index in [1.807, 2.05) is 0 Å². The number of benzene rings is 1. The van der Waals surface area contributed by atoms with Crippen molar-refractivity contribution in [2.24, 2.45) is 11.8 Å². The SMILES string of the molecule is CC(C)C(=O)C1Cc2cc(F)ccc2C1=O. The average molecular weight is 220 g/mol. The molecule has 0 bridgehead atoms. The van der Waals surface area contributed by atoms with Crippen molar-refractivity contribution in [2.45, 2.75) is 20.3 Å². The molecule has 1 atom stereocenters. The van der Waals surface area contributed by atoms with Gasteiger partial charge in [0.05, 0.1) is 5.92 Å². The molecule has 0 fully saturated rings. The van der Waals surface area contributed by atoms with Gasteiger partial charge in [-0.3, -0.25) is 9.59 Å². The summed E-state index contributed by atoms with van der Waals surface area (Å²) in [5.74, 6) is -1.33. The molecule has 0 aliphatic heterocycles. The molecule has 1 aliphatic carbocycles. The molecule has 16 heavy (non-hydrogen) atoms. The minimum atomic E-state index is -0.600. The summed E-state index contributed by atoms with van der Waals surface area (Å²) in [5.41, 5.74) is 1.16. The molecule has 0 N–H and O–H groups in total. The monoisotopic (exact) mass is 220 g/mol. The van der Waals surface area contributed by atoms with Crippen LogP contribution in [0.25, 0.3) is 0 Å². The van der Waals surface area contributed by atoms with Crippen LogP contribution in [0.5, 0.6) is 0 Å². The van der Waals surface area contributed by atoms with E-state index in [0.29, 0.717) is 17.5 Å². The number of hydrogen-bond acceptors (Lipinski definition) is 2. The number of carbonyl (C=O) groups is 2. The third-order valence-corrected chi connectivity index (χ3v) is 2.99. The highest BCUT2D eigenvalue weighted by molar-refractivity contribution is 6.14. The van der Waals surface area contributed by atoms with Gasteiger partial charge < -0.3 is 0 Å². The molecule has 2 rings (SSSR count). The van der Waals surface area contributed by atoms with E-state index < -0.39 is 5.92 Å². The number of rotatable bonds is 2. The first kappa shape index (κ1) is 11.0. The first-order valence-electron chi connectivity index (χ1n) is 5.37. The zero-order valence-corrected chi connectivity index (χ0v) is 9.29. The van der Waals surface area contributed by atoms with Crippen molar-refractivity contribution in [1.29, 1.82) is 0 Å². The minimum Gasteiger partial charge on any atom is -0.299 e. The first-order chi connectivity index (χ1) is 7.50. The molecule has 0 saturated carbocycles. The number of hydrogen-bond donors (Lipinski definition) is 0. The Balaban J connectivity index is 2.34. The van der Waals surface area contributed by atoms with E-state index in [-0.39, 0.29) is 23.3 Å². The average Bonchev–Trinajstić information content (AvgIpc) is 2.54. The molecule has 1 unspecified atom stereocenters. The van der Waals surface area contributed by atoms with Crippen LogP contribution in [0.2, 0.25) is 0 Å². The molecule has 0 aromatic heterocycles. The summed E-state index contributed by atoms with van der Waals surface area (Å²) in [6.07, 6.45) is 0.350. The summed E-state index contributed by atoms with van der Waals surface area (Å²) in [5, 5.41) is 0. The van der Waals surface area contributed by atoms with E-state index in [1.165, 1.54) is 18.2 Å². The van der Waals surface area contributed by atoms with E-state index in [9.17, 15) is 14.0 Å². The first-order valence-corrected chi connectivity index (χ1v) is 5.37. The smallest absolute Gasteiger partial charge is 0.173 e. The molecule has 0 spiro atoms. The molecular formula is C13H13FO2. The van der Waals surface area contributed by atoms with Crippen molar-refractivity contribution in [1.82, 2.24) is 0 Å². The molecular weight excluding hydrogens is 207 g/mol. The van der Waals surface area contributed by atoms with E-state index >= 15 is 0 Å². The predicted octanol–water partition coefficient (Wildman–Crippen LogP) is 2.41. The van der Waals surface area contributed by atoms with Crippen molar-refractivity contribution in [3.8, 4) is 0 Å². The van der Waals surface area contributed by atoms with Crippen LogP contribution < -0.4 is 0 Å². The van der Waals surface area contributed by atoms with E-state index in [0.717, 1.165) is 0 Å². The Bertz CT molecular complexity index is 463. The zero-order chi connectivity index (χ0) is 11.9. The normalized spacial score (nSPS) is 19.0. The highest BCUT2D eigenvalue weighted by Crippen LogP contribution is 2.29. The number of halogens is 1. The van der Waals surface area contributed by atoms with Gasteiger partial charge in [0, 0.05) is 11.5 Å². The van der Waals surface area contributed by atoms with Crippen molar-refractivity contribution in [3.63, 3.8) is 0 Å². The Kier molecular flexibility index (Phi) is 2.62. The van der Waals surface area contributed by atoms with Crippen LogP contribution in [0.3, 0.4) is 0 Å².